The number of aromatic hydroxyl groups is 1. The van der Waals surface area contributed by atoms with Crippen molar-refractivity contribution in [3.05, 3.63) is 87.9 Å². The van der Waals surface area contributed by atoms with E-state index in [0.717, 1.165) is 38.8 Å². The van der Waals surface area contributed by atoms with Crippen LogP contribution in [-0.2, 0) is 25.3 Å². The van der Waals surface area contributed by atoms with Crippen molar-refractivity contribution in [3.63, 3.8) is 0 Å². The molecule has 8 nitrogen and oxygen atoms in total. The molecule has 2 aliphatic rings. The zero-order chi connectivity index (χ0) is 25.0. The van der Waals surface area contributed by atoms with Crippen LogP contribution in [0.1, 0.15) is 11.1 Å². The SMILES string of the molecule is Cn1cc(CC(=O)N=c2ccn(C)c3c2C=CC2=c4c-3c(O)[nH]c4=CCN2c2ccc(F)cc2)cn1. The normalized spacial score (nSPS) is 14.4. The molecule has 6 rings (SSSR count). The Morgan fingerprint density at radius 1 is 1.19 bits per heavy atom. The van der Waals surface area contributed by atoms with E-state index in [9.17, 15) is 14.3 Å². The van der Waals surface area contributed by atoms with E-state index in [1.165, 1.54) is 12.1 Å². The lowest BCUT2D eigenvalue weighted by atomic mass is 10.1. The van der Waals surface area contributed by atoms with Gasteiger partial charge in [-0.25, -0.2) is 9.38 Å². The Balaban J connectivity index is 1.53. The first-order chi connectivity index (χ1) is 17.4. The minimum Gasteiger partial charge on any atom is -0.494 e. The van der Waals surface area contributed by atoms with Crippen LogP contribution in [0, 0.1) is 5.82 Å². The zero-order valence-electron chi connectivity index (χ0n) is 19.7. The topological polar surface area (TPSA) is 91.4 Å². The average molecular weight is 483 g/mol. The van der Waals surface area contributed by atoms with Crippen molar-refractivity contribution in [1.82, 2.24) is 19.3 Å². The predicted octanol–water partition coefficient (Wildman–Crippen LogP) is 1.70. The summed E-state index contributed by atoms with van der Waals surface area (Å²) in [4.78, 5) is 22.4. The molecule has 1 aliphatic carbocycles. The lowest BCUT2D eigenvalue weighted by Gasteiger charge is -2.26. The standard InChI is InChI=1S/C27H23FN6O2/c1-32-11-9-20(30-23(35)13-16-14-29-33(2)15-16)19-7-8-22-24-21(31-27(36)25(24)26(19)32)10-12-34(22)18-5-3-17(28)4-6-18/h3-11,14-15,31,36H,12-13H2,1-2H3. The van der Waals surface area contributed by atoms with Crippen molar-refractivity contribution < 1.29 is 14.3 Å². The van der Waals surface area contributed by atoms with Crippen LogP contribution >= 0.6 is 0 Å². The number of carbonyl (C=O) groups excluding carboxylic acids is 1. The number of carbonyl (C=O) groups is 1. The second kappa shape index (κ2) is 8.23. The predicted molar refractivity (Wildman–Crippen MR) is 134 cm³/mol. The van der Waals surface area contributed by atoms with Crippen molar-refractivity contribution in [2.75, 3.05) is 11.4 Å². The molecule has 0 bridgehead atoms. The summed E-state index contributed by atoms with van der Waals surface area (Å²) < 4.78 is 17.2. The van der Waals surface area contributed by atoms with E-state index in [0.29, 0.717) is 17.5 Å². The number of halogens is 1. The number of hydrogen-bond acceptors (Lipinski definition) is 4. The molecule has 0 unspecified atom stereocenters. The molecule has 2 N–H and O–H groups in total. The third-order valence-electron chi connectivity index (χ3n) is 6.52. The van der Waals surface area contributed by atoms with E-state index in [1.807, 2.05) is 36.0 Å². The Morgan fingerprint density at radius 2 is 2.00 bits per heavy atom. The van der Waals surface area contributed by atoms with Gasteiger partial charge in [-0.3, -0.25) is 9.48 Å². The monoisotopic (exact) mass is 482 g/mol. The Morgan fingerprint density at radius 3 is 2.75 bits per heavy atom. The summed E-state index contributed by atoms with van der Waals surface area (Å²) in [7, 11) is 3.69. The Bertz CT molecular complexity index is 1750. The number of nitrogens with one attached hydrogen (secondary N) is 1. The van der Waals surface area contributed by atoms with Crippen LogP contribution in [0.2, 0.25) is 0 Å². The molecule has 36 heavy (non-hydrogen) atoms. The first-order valence-corrected chi connectivity index (χ1v) is 11.5. The number of rotatable bonds is 3. The van der Waals surface area contributed by atoms with Gasteiger partial charge in [0, 0.05) is 54.9 Å². The number of aryl methyl sites for hydroxylation is 2. The number of hydrogen-bond donors (Lipinski definition) is 2. The molecule has 180 valence electrons. The highest BCUT2D eigenvalue weighted by Gasteiger charge is 2.25. The third-order valence-corrected chi connectivity index (χ3v) is 6.52. The number of nitrogens with zero attached hydrogens (tertiary/aromatic N) is 5. The van der Waals surface area contributed by atoms with E-state index in [1.54, 1.807) is 42.3 Å². The van der Waals surface area contributed by atoms with Gasteiger partial charge in [-0.15, -0.1) is 0 Å². The number of pyridine rings is 1. The number of anilines is 1. The molecule has 3 aromatic heterocycles. The number of aromatic nitrogens is 4. The van der Waals surface area contributed by atoms with Gasteiger partial charge in [0.25, 0.3) is 5.91 Å². The highest BCUT2D eigenvalue weighted by Crippen LogP contribution is 2.31. The van der Waals surface area contributed by atoms with Gasteiger partial charge >= 0.3 is 0 Å². The van der Waals surface area contributed by atoms with Gasteiger partial charge in [0.05, 0.1) is 34.9 Å². The van der Waals surface area contributed by atoms with Crippen molar-refractivity contribution >= 4 is 29.4 Å². The van der Waals surface area contributed by atoms with Crippen LogP contribution in [0.3, 0.4) is 0 Å². The maximum absolute atomic E-state index is 13.6. The summed E-state index contributed by atoms with van der Waals surface area (Å²) in [6.45, 7) is 0.543. The molecule has 1 aromatic carbocycles. The molecule has 4 aromatic rings. The van der Waals surface area contributed by atoms with Crippen molar-refractivity contribution in [1.29, 1.82) is 0 Å². The van der Waals surface area contributed by atoms with Crippen LogP contribution in [-0.4, -0.2) is 36.9 Å². The fourth-order valence-corrected chi connectivity index (χ4v) is 4.91. The second-order valence-electron chi connectivity index (χ2n) is 8.93. The smallest absolute Gasteiger partial charge is 0.250 e. The third kappa shape index (κ3) is 3.56. The summed E-state index contributed by atoms with van der Waals surface area (Å²) in [6, 6.07) is 8.12. The molecule has 0 saturated carbocycles. The molecule has 0 fully saturated rings. The second-order valence-corrected chi connectivity index (χ2v) is 8.93. The summed E-state index contributed by atoms with van der Waals surface area (Å²) >= 11 is 0. The molecule has 0 atom stereocenters. The van der Waals surface area contributed by atoms with E-state index in [-0.39, 0.29) is 24.0 Å². The van der Waals surface area contributed by atoms with E-state index < -0.39 is 0 Å². The summed E-state index contributed by atoms with van der Waals surface area (Å²) in [5.41, 5.74) is 4.56. The van der Waals surface area contributed by atoms with Gasteiger partial charge in [-0.2, -0.15) is 5.10 Å². The molecule has 1 amide bonds. The lowest BCUT2D eigenvalue weighted by Crippen LogP contribution is -2.39. The van der Waals surface area contributed by atoms with Crippen molar-refractivity contribution in [2.24, 2.45) is 19.1 Å². The molecule has 4 heterocycles. The van der Waals surface area contributed by atoms with Crippen LogP contribution < -0.4 is 20.8 Å². The van der Waals surface area contributed by atoms with Gasteiger partial charge in [0.1, 0.15) is 5.82 Å². The lowest BCUT2D eigenvalue weighted by molar-refractivity contribution is -0.117. The number of amides is 1. The number of fused-ring (bicyclic) bond motifs is 2. The molecule has 0 spiro atoms. The van der Waals surface area contributed by atoms with Gasteiger partial charge in [-0.1, -0.05) is 0 Å². The zero-order valence-corrected chi connectivity index (χ0v) is 19.7. The summed E-state index contributed by atoms with van der Waals surface area (Å²) in [5, 5.41) is 17.3. The van der Waals surface area contributed by atoms with E-state index >= 15 is 0 Å². The highest BCUT2D eigenvalue weighted by atomic mass is 19.1. The van der Waals surface area contributed by atoms with Crippen LogP contribution in [0.5, 0.6) is 5.88 Å². The van der Waals surface area contributed by atoms with Gasteiger partial charge in [0.2, 0.25) is 0 Å². The molecular weight excluding hydrogens is 459 g/mol. The van der Waals surface area contributed by atoms with E-state index in [4.69, 9.17) is 0 Å². The summed E-state index contributed by atoms with van der Waals surface area (Å²) in [6.07, 6.45) is 11.3. The maximum atomic E-state index is 13.6. The molecule has 9 heteroatoms. The largest absolute Gasteiger partial charge is 0.494 e. The molecule has 0 radical (unpaired) electrons. The highest BCUT2D eigenvalue weighted by molar-refractivity contribution is 5.91. The fraction of sp³-hybridized carbons (Fsp3) is 0.148. The first-order valence-electron chi connectivity index (χ1n) is 11.5. The Kier molecular flexibility index (Phi) is 4.99. The van der Waals surface area contributed by atoms with Gasteiger partial charge in [0.15, 0.2) is 5.88 Å². The van der Waals surface area contributed by atoms with Crippen LogP contribution in [0.4, 0.5) is 10.1 Å². The number of benzene rings is 1. The molecule has 1 aliphatic heterocycles. The Hall–Kier alpha value is -4.66. The fourth-order valence-electron chi connectivity index (χ4n) is 4.91. The molecule has 0 saturated heterocycles. The number of aromatic amines is 1. The number of H-pyrrole nitrogens is 1. The van der Waals surface area contributed by atoms with Crippen molar-refractivity contribution in [3.8, 4) is 17.1 Å². The summed E-state index contributed by atoms with van der Waals surface area (Å²) in [5.74, 6) is -0.553. The maximum Gasteiger partial charge on any atom is 0.250 e. The molecular formula is C27H23FN6O2. The van der Waals surface area contributed by atoms with E-state index in [2.05, 4.69) is 20.0 Å². The van der Waals surface area contributed by atoms with Crippen LogP contribution in [0.25, 0.3) is 29.1 Å². The minimum absolute atomic E-state index is 0.0362. The minimum atomic E-state index is -0.302. The van der Waals surface area contributed by atoms with Gasteiger partial charge < -0.3 is 19.6 Å². The average Bonchev–Trinajstić information content (AvgIpc) is 3.34. The van der Waals surface area contributed by atoms with Crippen LogP contribution in [0.15, 0.2) is 60.0 Å². The van der Waals surface area contributed by atoms with Crippen molar-refractivity contribution in [2.45, 2.75) is 6.42 Å². The Labute approximate surface area is 205 Å². The quantitative estimate of drug-likeness (QED) is 0.465. The van der Waals surface area contributed by atoms with Gasteiger partial charge in [-0.05, 0) is 54.1 Å². The first kappa shape index (κ1) is 21.8.